The fourth-order valence-corrected chi connectivity index (χ4v) is 2.07. The minimum atomic E-state index is -0.769. The Kier molecular flexibility index (Phi) is 4.95. The highest BCUT2D eigenvalue weighted by atomic mass is 16.5. The zero-order valence-electron chi connectivity index (χ0n) is 11.2. The van der Waals surface area contributed by atoms with Gasteiger partial charge in [-0.15, -0.1) is 0 Å². The van der Waals surface area contributed by atoms with Crippen LogP contribution in [0, 0.1) is 5.41 Å². The molecule has 1 fully saturated rings. The predicted octanol–water partition coefficient (Wildman–Crippen LogP) is 2.46. The SMILES string of the molecule is CC1CC(OCCC(C)(C)C(=O)O)CC(C)O1. The van der Waals surface area contributed by atoms with Crippen LogP contribution < -0.4 is 0 Å². The number of hydrogen-bond donors (Lipinski definition) is 1. The Balaban J connectivity index is 2.29. The summed E-state index contributed by atoms with van der Waals surface area (Å²) in [6.45, 7) is 8.06. The molecule has 0 radical (unpaired) electrons. The number of hydrogen-bond acceptors (Lipinski definition) is 3. The second kappa shape index (κ2) is 5.83. The lowest BCUT2D eigenvalue weighted by atomic mass is 9.90. The van der Waals surface area contributed by atoms with E-state index in [2.05, 4.69) is 0 Å². The zero-order valence-corrected chi connectivity index (χ0v) is 11.2. The van der Waals surface area contributed by atoms with E-state index in [9.17, 15) is 4.79 Å². The van der Waals surface area contributed by atoms with E-state index in [4.69, 9.17) is 14.6 Å². The van der Waals surface area contributed by atoms with Crippen molar-refractivity contribution in [2.24, 2.45) is 5.41 Å². The number of rotatable bonds is 5. The van der Waals surface area contributed by atoms with Crippen molar-refractivity contribution < 1.29 is 19.4 Å². The van der Waals surface area contributed by atoms with Gasteiger partial charge in [-0.2, -0.15) is 0 Å². The fourth-order valence-electron chi connectivity index (χ4n) is 2.07. The van der Waals surface area contributed by atoms with Crippen LogP contribution in [0.25, 0.3) is 0 Å². The summed E-state index contributed by atoms with van der Waals surface area (Å²) in [6.07, 6.45) is 3.02. The van der Waals surface area contributed by atoms with Gasteiger partial charge in [0.05, 0.1) is 23.7 Å². The molecule has 0 saturated carbocycles. The van der Waals surface area contributed by atoms with Crippen LogP contribution in [0.5, 0.6) is 0 Å². The minimum absolute atomic E-state index is 0.207. The normalized spacial score (nSPS) is 30.2. The van der Waals surface area contributed by atoms with E-state index < -0.39 is 11.4 Å². The summed E-state index contributed by atoms with van der Waals surface area (Å²) in [5, 5.41) is 8.99. The zero-order chi connectivity index (χ0) is 13.1. The Labute approximate surface area is 103 Å². The van der Waals surface area contributed by atoms with Crippen LogP contribution in [0.1, 0.15) is 47.0 Å². The third kappa shape index (κ3) is 4.64. The van der Waals surface area contributed by atoms with Crippen LogP contribution >= 0.6 is 0 Å². The van der Waals surface area contributed by atoms with Crippen molar-refractivity contribution in [1.82, 2.24) is 0 Å². The molecule has 0 aromatic heterocycles. The van der Waals surface area contributed by atoms with Gasteiger partial charge in [0.2, 0.25) is 0 Å². The standard InChI is InChI=1S/C13H24O4/c1-9-7-11(8-10(2)17-9)16-6-5-13(3,4)12(14)15/h9-11H,5-8H2,1-4H3,(H,14,15). The highest BCUT2D eigenvalue weighted by molar-refractivity contribution is 5.73. The highest BCUT2D eigenvalue weighted by Crippen LogP contribution is 2.24. The van der Waals surface area contributed by atoms with E-state index in [0.717, 1.165) is 12.8 Å². The third-order valence-corrected chi connectivity index (χ3v) is 3.31. The topological polar surface area (TPSA) is 55.8 Å². The molecule has 0 aliphatic carbocycles. The van der Waals surface area contributed by atoms with Gasteiger partial charge in [0.1, 0.15) is 0 Å². The average molecular weight is 244 g/mol. The maximum atomic E-state index is 10.9. The molecule has 1 rings (SSSR count). The quantitative estimate of drug-likeness (QED) is 0.807. The first-order valence-corrected chi connectivity index (χ1v) is 6.31. The van der Waals surface area contributed by atoms with Gasteiger partial charge in [0.15, 0.2) is 0 Å². The molecular formula is C13H24O4. The number of aliphatic carboxylic acids is 1. The van der Waals surface area contributed by atoms with Gasteiger partial charge in [-0.05, 0) is 47.0 Å². The van der Waals surface area contributed by atoms with Crippen LogP contribution in [-0.2, 0) is 14.3 Å². The lowest BCUT2D eigenvalue weighted by molar-refractivity contribution is -0.149. The largest absolute Gasteiger partial charge is 0.481 e. The molecule has 0 spiro atoms. The van der Waals surface area contributed by atoms with Gasteiger partial charge < -0.3 is 14.6 Å². The van der Waals surface area contributed by atoms with Crippen LogP contribution in [0.3, 0.4) is 0 Å². The van der Waals surface area contributed by atoms with Crippen molar-refractivity contribution in [3.8, 4) is 0 Å². The van der Waals surface area contributed by atoms with Gasteiger partial charge in [-0.1, -0.05) is 0 Å². The molecule has 2 unspecified atom stereocenters. The van der Waals surface area contributed by atoms with Gasteiger partial charge in [0, 0.05) is 6.61 Å². The van der Waals surface area contributed by atoms with Crippen molar-refractivity contribution in [2.45, 2.75) is 65.3 Å². The summed E-state index contributed by atoms with van der Waals surface area (Å²) in [5.41, 5.74) is -0.706. The maximum absolute atomic E-state index is 10.9. The Morgan fingerprint density at radius 3 is 2.35 bits per heavy atom. The molecule has 0 bridgehead atoms. The highest BCUT2D eigenvalue weighted by Gasteiger charge is 2.29. The molecular weight excluding hydrogens is 220 g/mol. The summed E-state index contributed by atoms with van der Waals surface area (Å²) in [6, 6.07) is 0. The van der Waals surface area contributed by atoms with Gasteiger partial charge in [-0.3, -0.25) is 4.79 Å². The first-order chi connectivity index (χ1) is 7.81. The van der Waals surface area contributed by atoms with Gasteiger partial charge >= 0.3 is 5.97 Å². The lowest BCUT2D eigenvalue weighted by Crippen LogP contribution is -2.35. The van der Waals surface area contributed by atoms with E-state index >= 15 is 0 Å². The maximum Gasteiger partial charge on any atom is 0.309 e. The van der Waals surface area contributed by atoms with Crippen molar-refractivity contribution in [2.75, 3.05) is 6.61 Å². The number of carbonyl (C=O) groups is 1. The van der Waals surface area contributed by atoms with Gasteiger partial charge in [0.25, 0.3) is 0 Å². The number of carboxylic acid groups (broad SMARTS) is 1. The molecule has 0 amide bonds. The van der Waals surface area contributed by atoms with Crippen molar-refractivity contribution in [3.63, 3.8) is 0 Å². The van der Waals surface area contributed by atoms with E-state index in [1.165, 1.54) is 0 Å². The summed E-state index contributed by atoms with van der Waals surface area (Å²) in [7, 11) is 0. The molecule has 1 heterocycles. The van der Waals surface area contributed by atoms with E-state index in [0.29, 0.717) is 13.0 Å². The van der Waals surface area contributed by atoms with Crippen LogP contribution in [0.15, 0.2) is 0 Å². The molecule has 2 atom stereocenters. The molecule has 0 aromatic rings. The Hall–Kier alpha value is -0.610. The molecule has 0 aromatic carbocycles. The lowest BCUT2D eigenvalue weighted by Gasteiger charge is -2.32. The summed E-state index contributed by atoms with van der Waals surface area (Å²) in [5.74, 6) is -0.769. The monoisotopic (exact) mass is 244 g/mol. The molecule has 100 valence electrons. The number of ether oxygens (including phenoxy) is 2. The Morgan fingerprint density at radius 1 is 1.35 bits per heavy atom. The Morgan fingerprint density at radius 2 is 1.88 bits per heavy atom. The van der Waals surface area contributed by atoms with Crippen LogP contribution in [0.4, 0.5) is 0 Å². The van der Waals surface area contributed by atoms with E-state index in [1.807, 2.05) is 13.8 Å². The molecule has 17 heavy (non-hydrogen) atoms. The van der Waals surface area contributed by atoms with E-state index in [-0.39, 0.29) is 18.3 Å². The third-order valence-electron chi connectivity index (χ3n) is 3.31. The van der Waals surface area contributed by atoms with Crippen molar-refractivity contribution in [1.29, 1.82) is 0 Å². The van der Waals surface area contributed by atoms with Gasteiger partial charge in [-0.25, -0.2) is 0 Å². The van der Waals surface area contributed by atoms with E-state index in [1.54, 1.807) is 13.8 Å². The summed E-state index contributed by atoms with van der Waals surface area (Å²) < 4.78 is 11.4. The Bertz CT molecular complexity index is 252. The second-order valence-corrected chi connectivity index (χ2v) is 5.66. The van der Waals surface area contributed by atoms with Crippen LogP contribution in [0.2, 0.25) is 0 Å². The smallest absolute Gasteiger partial charge is 0.309 e. The second-order valence-electron chi connectivity index (χ2n) is 5.66. The first-order valence-electron chi connectivity index (χ1n) is 6.31. The van der Waals surface area contributed by atoms with Crippen molar-refractivity contribution in [3.05, 3.63) is 0 Å². The van der Waals surface area contributed by atoms with Crippen LogP contribution in [-0.4, -0.2) is 36.0 Å². The summed E-state index contributed by atoms with van der Waals surface area (Å²) in [4.78, 5) is 10.9. The molecule has 1 N–H and O–H groups in total. The number of carboxylic acids is 1. The van der Waals surface area contributed by atoms with Crippen molar-refractivity contribution >= 4 is 5.97 Å². The minimum Gasteiger partial charge on any atom is -0.481 e. The average Bonchev–Trinajstić information content (AvgIpc) is 2.15. The predicted molar refractivity (Wildman–Crippen MR) is 65.0 cm³/mol. The molecule has 4 heteroatoms. The molecule has 4 nitrogen and oxygen atoms in total. The molecule has 1 aliphatic rings. The molecule has 1 aliphatic heterocycles. The first kappa shape index (κ1) is 14.5. The summed E-state index contributed by atoms with van der Waals surface area (Å²) >= 11 is 0. The fraction of sp³-hybridized carbons (Fsp3) is 0.923. The molecule has 1 saturated heterocycles.